The van der Waals surface area contributed by atoms with E-state index in [9.17, 15) is 4.79 Å². The Balaban J connectivity index is -0.0000000132. The van der Waals surface area contributed by atoms with Gasteiger partial charge >= 0.3 is 5.97 Å². The minimum atomic E-state index is -0.451. The van der Waals surface area contributed by atoms with Crippen molar-refractivity contribution in [3.8, 4) is 0 Å². The molecule has 0 rings (SSSR count). The van der Waals surface area contributed by atoms with Crippen molar-refractivity contribution in [1.82, 2.24) is 0 Å². The monoisotopic (exact) mass is 764 g/mol. The molecule has 0 aliphatic carbocycles. The van der Waals surface area contributed by atoms with Crippen LogP contribution in [0, 0.1) is 0 Å². The summed E-state index contributed by atoms with van der Waals surface area (Å²) in [6.07, 6.45) is 4.05. The van der Waals surface area contributed by atoms with Gasteiger partial charge in [-0.25, -0.2) is 4.79 Å². The van der Waals surface area contributed by atoms with Gasteiger partial charge in [0, 0.05) is 6.08 Å². The Labute approximate surface area is 215 Å². The summed E-state index contributed by atoms with van der Waals surface area (Å²) in [5.41, 5.74) is 0. The fourth-order valence-electron chi connectivity index (χ4n) is 0.630. The second kappa shape index (κ2) is 77.3. The van der Waals surface area contributed by atoms with Gasteiger partial charge in [-0.05, 0) is 40.0 Å². The van der Waals surface area contributed by atoms with Crippen molar-refractivity contribution in [3.63, 3.8) is 0 Å². The van der Waals surface area contributed by atoms with E-state index in [2.05, 4.69) is 11.3 Å². The number of hydrogen-bond acceptors (Lipinski definition) is 6. The van der Waals surface area contributed by atoms with E-state index >= 15 is 0 Å². The summed E-state index contributed by atoms with van der Waals surface area (Å²) >= 11 is 0. The number of hydrogen-bond donors (Lipinski definition) is 2. The normalized spacial score (nSPS) is 9.06. The SMILES string of the molecule is C.C.C.C.C.C.C.C.C.C.C=CC(=O)OCOC(C)CC.CCC(C)O.CCC(C)OCO.[Rf]. The molecule has 0 saturated heterocycles. The molecule has 0 fully saturated rings. The first-order valence-corrected chi connectivity index (χ1v) is 8.10. The molecule has 6 nitrogen and oxygen atoms in total. The van der Waals surface area contributed by atoms with E-state index in [1.165, 1.54) is 0 Å². The number of esters is 1. The zero-order valence-electron chi connectivity index (χ0n) is 16.3. The molecule has 0 spiro atoms. The first kappa shape index (κ1) is 94.8. The van der Waals surface area contributed by atoms with Crippen molar-refractivity contribution in [3.05, 3.63) is 12.7 Å². The topological polar surface area (TPSA) is 85.2 Å². The van der Waals surface area contributed by atoms with Gasteiger partial charge in [0.05, 0.1) is 18.3 Å². The Hall–Kier alpha value is -1.95. The first-order valence-electron chi connectivity index (χ1n) is 8.10. The summed E-state index contributed by atoms with van der Waals surface area (Å²) in [4.78, 5) is 10.5. The maximum absolute atomic E-state index is 10.5. The van der Waals surface area contributed by atoms with Crippen molar-refractivity contribution in [2.45, 2.75) is 153 Å². The molecule has 3 atom stereocenters. The number of carbonyl (C=O) groups excluding carboxylic acids is 1. The van der Waals surface area contributed by atoms with Crippen LogP contribution in [0.3, 0.4) is 0 Å². The second-order valence-corrected chi connectivity index (χ2v) is 4.94. The van der Waals surface area contributed by atoms with Gasteiger partial charge in [-0.1, -0.05) is 102 Å². The first-order chi connectivity index (χ1) is 10.8. The molecule has 2 N–H and O–H groups in total. The molecule has 34 heavy (non-hydrogen) atoms. The van der Waals surface area contributed by atoms with Crippen LogP contribution in [0.5, 0.6) is 0 Å². The van der Waals surface area contributed by atoms with Crippen LogP contribution >= 0.6 is 0 Å². The molecular weight excluding hydrogens is 687 g/mol. The van der Waals surface area contributed by atoms with Crippen molar-refractivity contribution in [2.24, 2.45) is 0 Å². The minimum Gasteiger partial charge on any atom is -0.435 e. The molecule has 0 amide bonds. The Morgan fingerprint density at radius 2 is 1.06 bits per heavy atom. The summed E-state index contributed by atoms with van der Waals surface area (Å²) in [5, 5.41) is 16.5. The summed E-state index contributed by atoms with van der Waals surface area (Å²) in [6.45, 7) is 14.7. The standard InChI is InChI=1S/C8H14O3.C5H12O2.C4H10O.10CH4.Rf/c1-4-7(3)10-6-11-8(9)5-2;1-3-5(2)7-4-6;1-3-4(2)5;;;;;;;;;;;/h5,7H,2,4,6H2,1,3H3;5-6H,3-4H2,1-2H3;4-5H,3H2,1-2H3;10*1H4;. The molecular formula is C27H76O6Rf. The molecule has 7 heteroatoms. The van der Waals surface area contributed by atoms with Gasteiger partial charge in [0.15, 0.2) is 6.79 Å². The van der Waals surface area contributed by atoms with Crippen LogP contribution in [-0.4, -0.2) is 48.1 Å². The summed E-state index contributed by atoms with van der Waals surface area (Å²) in [6, 6.07) is 0. The van der Waals surface area contributed by atoms with Gasteiger partial charge in [0.25, 0.3) is 0 Å². The van der Waals surface area contributed by atoms with Crippen molar-refractivity contribution >= 4 is 5.97 Å². The fourth-order valence-corrected chi connectivity index (χ4v) is 0.630. The van der Waals surface area contributed by atoms with Gasteiger partial charge in [-0.3, -0.25) is 0 Å². The molecule has 0 aromatic heterocycles. The third kappa shape index (κ3) is 112. The van der Waals surface area contributed by atoms with Crippen LogP contribution in [0.4, 0.5) is 0 Å². The van der Waals surface area contributed by atoms with Gasteiger partial charge < -0.3 is 24.4 Å². The molecule has 0 heterocycles. The molecule has 3 unspecified atom stereocenters. The van der Waals surface area contributed by atoms with Crippen LogP contribution in [0.25, 0.3) is 0 Å². The van der Waals surface area contributed by atoms with Gasteiger partial charge in [0.1, 0.15) is 6.79 Å². The predicted molar refractivity (Wildman–Crippen MR) is 159 cm³/mol. The number of aliphatic hydroxyl groups is 2. The van der Waals surface area contributed by atoms with Crippen molar-refractivity contribution in [1.29, 1.82) is 0 Å². The molecule has 0 aliphatic rings. The number of carbonyl (C=O) groups is 1. The Morgan fingerprint density at radius 1 is 0.765 bits per heavy atom. The summed E-state index contributed by atoms with van der Waals surface area (Å²) in [5.74, 6) is -0.451. The van der Waals surface area contributed by atoms with E-state index in [1.54, 1.807) is 6.92 Å². The average molecular weight is 764 g/mol. The van der Waals surface area contributed by atoms with E-state index in [0.29, 0.717) is 0 Å². The molecule has 0 aromatic carbocycles. The summed E-state index contributed by atoms with van der Waals surface area (Å²) < 4.78 is 14.4. The number of ether oxygens (including phenoxy) is 3. The Morgan fingerprint density at radius 3 is 1.24 bits per heavy atom. The minimum absolute atomic E-state index is 0. The van der Waals surface area contributed by atoms with Crippen LogP contribution in [0.15, 0.2) is 12.7 Å². The second-order valence-electron chi connectivity index (χ2n) is 4.94. The quantitative estimate of drug-likeness (QED) is 0.138. The molecule has 0 aromatic rings. The third-order valence-corrected chi connectivity index (χ3v) is 2.82. The van der Waals surface area contributed by atoms with Gasteiger partial charge in [-0.2, -0.15) is 0 Å². The number of rotatable bonds is 9. The predicted octanol–water partition coefficient (Wildman–Crippen LogP) is 9.38. The average Bonchev–Trinajstić information content (AvgIpc) is 2.55. The fraction of sp³-hybridized carbons (Fsp3) is 0.889. The van der Waals surface area contributed by atoms with E-state index in [-0.39, 0.29) is 106 Å². The van der Waals surface area contributed by atoms with E-state index < -0.39 is 5.97 Å². The molecule has 0 bridgehead atoms. The van der Waals surface area contributed by atoms with Crippen LogP contribution in [-0.2, 0) is 19.0 Å². The maximum atomic E-state index is 10.5. The van der Waals surface area contributed by atoms with Crippen molar-refractivity contribution < 1.29 is 29.2 Å². The van der Waals surface area contributed by atoms with Crippen molar-refractivity contribution in [2.75, 3.05) is 13.6 Å². The van der Waals surface area contributed by atoms with E-state index in [1.807, 2.05) is 34.6 Å². The third-order valence-electron chi connectivity index (χ3n) is 2.82. The summed E-state index contributed by atoms with van der Waals surface area (Å²) in [7, 11) is 0. The van der Waals surface area contributed by atoms with Gasteiger partial charge in [-0.15, -0.1) is 0 Å². The van der Waals surface area contributed by atoms with Crippen LogP contribution in [0.1, 0.15) is 135 Å². The molecule has 0 aliphatic heterocycles. The Kier molecular flexibility index (Phi) is 216. The largest absolute Gasteiger partial charge is 0.435 e. The van der Waals surface area contributed by atoms with E-state index in [4.69, 9.17) is 19.7 Å². The van der Waals surface area contributed by atoms with Crippen LogP contribution in [0.2, 0.25) is 0 Å². The maximum Gasteiger partial charge on any atom is 0.332 e. The Bertz CT molecular complexity index is 266. The smallest absolute Gasteiger partial charge is 0.332 e. The molecule has 222 valence electrons. The molecule has 0 saturated carbocycles. The van der Waals surface area contributed by atoms with Crippen LogP contribution < -0.4 is 0 Å². The van der Waals surface area contributed by atoms with E-state index in [0.717, 1.165) is 25.3 Å². The molecule has 0 radical (unpaired) electrons. The zero-order chi connectivity index (χ0) is 18.7. The number of aliphatic hydroxyl groups excluding tert-OH is 2. The zero-order valence-corrected chi connectivity index (χ0v) is 22.7. The van der Waals surface area contributed by atoms with Gasteiger partial charge in [0.2, 0.25) is 0 Å².